The molecule has 4 nitrogen and oxygen atoms in total. The summed E-state index contributed by atoms with van der Waals surface area (Å²) in [5, 5.41) is 0. The Morgan fingerprint density at radius 1 is 0.897 bits per heavy atom. The molecule has 1 saturated heterocycles. The van der Waals surface area contributed by atoms with E-state index >= 15 is 0 Å². The highest BCUT2D eigenvalue weighted by Crippen LogP contribution is 2.39. The van der Waals surface area contributed by atoms with Gasteiger partial charge < -0.3 is 14.0 Å². The molecular weight excluding hydrogens is 361 g/mol. The first kappa shape index (κ1) is 19.7. The third-order valence-corrected chi connectivity index (χ3v) is 5.67. The summed E-state index contributed by atoms with van der Waals surface area (Å²) in [7, 11) is -0.381. The van der Waals surface area contributed by atoms with E-state index in [1.54, 1.807) is 6.20 Å². The molecule has 2 aromatic carbocycles. The van der Waals surface area contributed by atoms with E-state index in [1.165, 1.54) is 0 Å². The summed E-state index contributed by atoms with van der Waals surface area (Å²) >= 11 is 0. The van der Waals surface area contributed by atoms with Gasteiger partial charge in [-0.1, -0.05) is 60.7 Å². The lowest BCUT2D eigenvalue weighted by Gasteiger charge is -2.36. The lowest BCUT2D eigenvalue weighted by atomic mass is 9.79. The highest BCUT2D eigenvalue weighted by Gasteiger charge is 2.54. The number of aromatic nitrogens is 1. The van der Waals surface area contributed by atoms with Crippen LogP contribution in [0.15, 0.2) is 79.0 Å². The molecular formula is C24H26BNO3. The summed E-state index contributed by atoms with van der Waals surface area (Å²) in [6.07, 6.45) is 2.42. The Hall–Kier alpha value is -2.63. The predicted octanol–water partition coefficient (Wildman–Crippen LogP) is 4.18. The monoisotopic (exact) mass is 387 g/mol. The topological polar surface area (TPSA) is 40.6 Å². The van der Waals surface area contributed by atoms with Crippen LogP contribution in [0.25, 0.3) is 0 Å². The number of pyridine rings is 1. The van der Waals surface area contributed by atoms with Crippen molar-refractivity contribution in [3.63, 3.8) is 0 Å². The molecule has 4 rings (SSSR count). The quantitative estimate of drug-likeness (QED) is 0.595. The van der Waals surface area contributed by atoms with Gasteiger partial charge in [-0.05, 0) is 37.9 Å². The molecule has 2 heterocycles. The van der Waals surface area contributed by atoms with Gasteiger partial charge in [0.1, 0.15) is 12.4 Å². The summed E-state index contributed by atoms with van der Waals surface area (Å²) in [6.45, 7) is 6.77. The highest BCUT2D eigenvalue weighted by molar-refractivity contribution is 6.62. The summed E-state index contributed by atoms with van der Waals surface area (Å²) in [5.41, 5.74) is 2.10. The summed E-state index contributed by atoms with van der Waals surface area (Å²) in [4.78, 5) is 4.55. The zero-order valence-corrected chi connectivity index (χ0v) is 17.2. The van der Waals surface area contributed by atoms with Crippen LogP contribution in [0.1, 0.15) is 32.0 Å². The minimum atomic E-state index is -0.515. The van der Waals surface area contributed by atoms with Crippen molar-refractivity contribution in [2.45, 2.75) is 45.0 Å². The van der Waals surface area contributed by atoms with Crippen LogP contribution in [0.4, 0.5) is 0 Å². The van der Waals surface area contributed by atoms with Crippen molar-refractivity contribution in [2.75, 3.05) is 0 Å². The van der Waals surface area contributed by atoms with Gasteiger partial charge in [0.2, 0.25) is 0 Å². The van der Waals surface area contributed by atoms with Crippen LogP contribution in [0, 0.1) is 0 Å². The molecule has 0 N–H and O–H groups in total. The van der Waals surface area contributed by atoms with Crippen LogP contribution in [0.2, 0.25) is 0 Å². The molecule has 29 heavy (non-hydrogen) atoms. The molecule has 0 amide bonds. The molecule has 0 spiro atoms. The Bertz CT molecular complexity index is 949. The maximum atomic E-state index is 6.42. The van der Waals surface area contributed by atoms with E-state index < -0.39 is 11.2 Å². The van der Waals surface area contributed by atoms with Crippen molar-refractivity contribution in [3.8, 4) is 5.75 Å². The minimum Gasteiger partial charge on any atom is -0.489 e. The molecule has 0 radical (unpaired) electrons. The highest BCUT2D eigenvalue weighted by atomic mass is 16.7. The van der Waals surface area contributed by atoms with E-state index in [-0.39, 0.29) is 7.12 Å². The van der Waals surface area contributed by atoms with Crippen molar-refractivity contribution in [2.24, 2.45) is 0 Å². The number of nitrogens with zero attached hydrogens (tertiary/aromatic N) is 1. The van der Waals surface area contributed by atoms with Gasteiger partial charge in [-0.2, -0.15) is 0 Å². The van der Waals surface area contributed by atoms with Crippen molar-refractivity contribution < 1.29 is 14.0 Å². The fraction of sp³-hybridized carbons (Fsp3) is 0.292. The normalized spacial score (nSPS) is 20.6. The molecule has 1 atom stereocenters. The predicted molar refractivity (Wildman–Crippen MR) is 115 cm³/mol. The zero-order valence-electron chi connectivity index (χ0n) is 17.2. The standard InChI is InChI=1S/C24H26BNO3/c1-23(2)24(3,29-25(28-23)20-12-8-5-9-13-20)17-21-16-22(14-15-26-21)27-18-19-10-6-4-7-11-19/h4-16H,17-18H2,1-3H3. The molecule has 5 heteroatoms. The first-order chi connectivity index (χ1) is 14.0. The maximum Gasteiger partial charge on any atom is 0.494 e. The molecule has 0 bridgehead atoms. The van der Waals surface area contributed by atoms with Crippen molar-refractivity contribution in [1.82, 2.24) is 4.98 Å². The van der Waals surface area contributed by atoms with Gasteiger partial charge in [0.05, 0.1) is 11.2 Å². The third-order valence-electron chi connectivity index (χ3n) is 5.67. The Morgan fingerprint density at radius 2 is 1.59 bits per heavy atom. The lowest BCUT2D eigenvalue weighted by molar-refractivity contribution is -0.00947. The Labute approximate surface area is 173 Å². The van der Waals surface area contributed by atoms with Crippen LogP contribution < -0.4 is 10.2 Å². The van der Waals surface area contributed by atoms with E-state index in [1.807, 2.05) is 60.7 Å². The van der Waals surface area contributed by atoms with Crippen LogP contribution >= 0.6 is 0 Å². The second kappa shape index (κ2) is 8.01. The molecule has 1 fully saturated rings. The van der Waals surface area contributed by atoms with Crippen LogP contribution in [0.3, 0.4) is 0 Å². The van der Waals surface area contributed by atoms with Crippen molar-refractivity contribution in [3.05, 3.63) is 90.3 Å². The number of hydrogen-bond donors (Lipinski definition) is 0. The van der Waals surface area contributed by atoms with Crippen molar-refractivity contribution in [1.29, 1.82) is 0 Å². The second-order valence-corrected chi connectivity index (χ2v) is 8.15. The van der Waals surface area contributed by atoms with E-state index in [4.69, 9.17) is 14.0 Å². The van der Waals surface area contributed by atoms with Gasteiger partial charge in [-0.25, -0.2) is 0 Å². The number of benzene rings is 2. The van der Waals surface area contributed by atoms with Crippen LogP contribution in [-0.2, 0) is 22.3 Å². The molecule has 1 aliphatic rings. The molecule has 1 aliphatic heterocycles. The SMILES string of the molecule is CC1(C)OB(c2ccccc2)OC1(C)Cc1cc(OCc2ccccc2)ccn1. The average Bonchev–Trinajstić information content (AvgIpc) is 2.97. The average molecular weight is 387 g/mol. The van der Waals surface area contributed by atoms with Gasteiger partial charge in [0.25, 0.3) is 0 Å². The summed E-state index contributed by atoms with van der Waals surface area (Å²) < 4.78 is 18.7. The van der Waals surface area contributed by atoms with E-state index in [0.717, 1.165) is 22.5 Å². The largest absolute Gasteiger partial charge is 0.494 e. The van der Waals surface area contributed by atoms with E-state index in [9.17, 15) is 0 Å². The summed E-state index contributed by atoms with van der Waals surface area (Å²) in [5.74, 6) is 0.804. The van der Waals surface area contributed by atoms with Crippen LogP contribution in [-0.4, -0.2) is 23.3 Å². The maximum absolute atomic E-state index is 6.42. The van der Waals surface area contributed by atoms with E-state index in [2.05, 4.69) is 37.9 Å². The number of ether oxygens (including phenoxy) is 1. The summed E-state index contributed by atoms with van der Waals surface area (Å²) in [6, 6.07) is 24.1. The number of hydrogen-bond acceptors (Lipinski definition) is 4. The van der Waals surface area contributed by atoms with Crippen LogP contribution in [0.5, 0.6) is 5.75 Å². The first-order valence-electron chi connectivity index (χ1n) is 9.97. The third kappa shape index (κ3) is 4.36. The lowest BCUT2D eigenvalue weighted by Crippen LogP contribution is -2.46. The molecule has 3 aromatic rings. The second-order valence-electron chi connectivity index (χ2n) is 8.15. The van der Waals surface area contributed by atoms with Gasteiger partial charge in [-0.3, -0.25) is 4.98 Å². The Balaban J connectivity index is 1.47. The van der Waals surface area contributed by atoms with Gasteiger partial charge in [0.15, 0.2) is 0 Å². The van der Waals surface area contributed by atoms with Crippen molar-refractivity contribution >= 4 is 12.6 Å². The van der Waals surface area contributed by atoms with Gasteiger partial charge in [-0.15, -0.1) is 0 Å². The molecule has 1 unspecified atom stereocenters. The Morgan fingerprint density at radius 3 is 2.31 bits per heavy atom. The number of rotatable bonds is 6. The first-order valence-corrected chi connectivity index (χ1v) is 9.97. The van der Waals surface area contributed by atoms with Gasteiger partial charge >= 0.3 is 7.12 Å². The van der Waals surface area contributed by atoms with E-state index in [0.29, 0.717) is 13.0 Å². The zero-order chi connectivity index (χ0) is 20.3. The van der Waals surface area contributed by atoms with Gasteiger partial charge in [0, 0.05) is 24.4 Å². The Kier molecular flexibility index (Phi) is 5.44. The molecule has 0 aliphatic carbocycles. The fourth-order valence-electron chi connectivity index (χ4n) is 3.52. The smallest absolute Gasteiger partial charge is 0.489 e. The fourth-order valence-corrected chi connectivity index (χ4v) is 3.52. The molecule has 0 saturated carbocycles. The molecule has 148 valence electrons. The molecule has 1 aromatic heterocycles. The minimum absolute atomic E-state index is 0.381.